The molecule has 0 bridgehead atoms. The molecule has 6 atom stereocenters. The number of carbonyl (C=O) groups excluding carboxylic acids is 4. The maximum absolute atomic E-state index is 12.6. The van der Waals surface area contributed by atoms with Crippen LogP contribution in [0.1, 0.15) is 41.4 Å². The lowest BCUT2D eigenvalue weighted by atomic mass is 9.97. The maximum atomic E-state index is 12.6. The van der Waals surface area contributed by atoms with Crippen LogP contribution in [0.15, 0.2) is 30.3 Å². The van der Waals surface area contributed by atoms with Crippen LogP contribution < -0.4 is 0 Å². The summed E-state index contributed by atoms with van der Waals surface area (Å²) in [4.78, 5) is 48.3. The fraction of sp³-hybridized carbons (Fsp3) is 0.565. The van der Waals surface area contributed by atoms with Crippen molar-refractivity contribution in [2.45, 2.75) is 71.0 Å². The van der Waals surface area contributed by atoms with Gasteiger partial charge in [0, 0.05) is 24.9 Å². The predicted octanol–water partition coefficient (Wildman–Crippen LogP) is 1.30. The number of ether oxygens (including phenoxy) is 7. The largest absolute Gasteiger partial charge is 0.467 e. The van der Waals surface area contributed by atoms with E-state index < -0.39 is 80.7 Å². The van der Waals surface area contributed by atoms with Gasteiger partial charge in [-0.15, -0.1) is 0 Å². The summed E-state index contributed by atoms with van der Waals surface area (Å²) >= 11 is 0. The molecule has 0 spiro atoms. The van der Waals surface area contributed by atoms with E-state index in [0.717, 1.165) is 27.9 Å². The minimum atomic E-state index is -3.59. The van der Waals surface area contributed by atoms with Crippen molar-refractivity contribution in [3.63, 3.8) is 0 Å². The highest BCUT2D eigenvalue weighted by molar-refractivity contribution is 5.77. The topological polar surface area (TPSA) is 133 Å². The summed E-state index contributed by atoms with van der Waals surface area (Å²) in [5.74, 6) is -4.21. The molecule has 1 aromatic carbocycles. The molecule has 11 heteroatoms. The van der Waals surface area contributed by atoms with Crippen molar-refractivity contribution >= 4 is 23.9 Å². The van der Waals surface area contributed by atoms with Gasteiger partial charge < -0.3 is 33.2 Å². The molecule has 1 unspecified atom stereocenters. The van der Waals surface area contributed by atoms with Gasteiger partial charge in [0.15, 0.2) is 30.7 Å². The van der Waals surface area contributed by atoms with Crippen molar-refractivity contribution in [3.8, 4) is 0 Å². The molecule has 188 valence electrons. The number of methoxy groups -OCH3 is 1. The summed E-state index contributed by atoms with van der Waals surface area (Å²) in [7, 11) is 0.943. The Balaban J connectivity index is 2.60. The molecule has 0 aliphatic carbocycles. The van der Waals surface area contributed by atoms with Crippen molar-refractivity contribution in [2.24, 2.45) is 0 Å². The van der Waals surface area contributed by atoms with Gasteiger partial charge in [0.1, 0.15) is 0 Å². The molecule has 1 aromatic rings. The lowest BCUT2D eigenvalue weighted by Crippen LogP contribution is -2.64. The molecule has 0 radical (unpaired) electrons. The van der Waals surface area contributed by atoms with Gasteiger partial charge in [-0.25, -0.2) is 4.79 Å². The summed E-state index contributed by atoms with van der Waals surface area (Å²) in [5, 5.41) is 0. The number of rotatable bonds is 10. The van der Waals surface area contributed by atoms with Crippen molar-refractivity contribution < 1.29 is 60.6 Å². The normalized spacial score (nSPS) is 29.4. The zero-order chi connectivity index (χ0) is 30.5. The Bertz CT molecular complexity index is 1070. The molecular formula is C23H30O11. The molecule has 34 heavy (non-hydrogen) atoms. The third kappa shape index (κ3) is 8.08. The minimum absolute atomic E-state index is 0.441. The van der Waals surface area contributed by atoms with Gasteiger partial charge >= 0.3 is 23.9 Å². The lowest BCUT2D eigenvalue weighted by Gasteiger charge is -2.43. The second kappa shape index (κ2) is 13.0. The summed E-state index contributed by atoms with van der Waals surface area (Å²) < 4.78 is 85.2. The van der Waals surface area contributed by atoms with Crippen LogP contribution in [0.4, 0.5) is 0 Å². The predicted molar refractivity (Wildman–Crippen MR) is 114 cm³/mol. The molecule has 1 fully saturated rings. The van der Waals surface area contributed by atoms with E-state index in [1.807, 2.05) is 0 Å². The highest BCUT2D eigenvalue weighted by atomic mass is 16.7. The Hall–Kier alpha value is -3.02. The molecule has 1 saturated heterocycles. The molecule has 0 N–H and O–H groups in total. The number of benzene rings is 1. The van der Waals surface area contributed by atoms with E-state index in [2.05, 4.69) is 4.74 Å². The average Bonchev–Trinajstić information content (AvgIpc) is 2.84. The Morgan fingerprint density at radius 2 is 1.59 bits per heavy atom. The lowest BCUT2D eigenvalue weighted by molar-refractivity contribution is -0.311. The molecule has 1 aliphatic heterocycles. The average molecular weight is 489 g/mol. The van der Waals surface area contributed by atoms with Gasteiger partial charge in [0.25, 0.3) is 0 Å². The van der Waals surface area contributed by atoms with Gasteiger partial charge in [0.2, 0.25) is 0 Å². The van der Waals surface area contributed by atoms with Gasteiger partial charge in [0.05, 0.1) is 30.5 Å². The van der Waals surface area contributed by atoms with Crippen LogP contribution in [-0.4, -0.2) is 74.3 Å². The molecule has 0 saturated carbocycles. The van der Waals surface area contributed by atoms with E-state index in [1.165, 1.54) is 0 Å². The fourth-order valence-corrected chi connectivity index (χ4v) is 3.07. The molecular weight excluding hydrogens is 452 g/mol. The van der Waals surface area contributed by atoms with Crippen LogP contribution in [0.2, 0.25) is 0 Å². The number of esters is 4. The number of carbonyl (C=O) groups is 4. The first-order chi connectivity index (χ1) is 18.4. The Kier molecular flexibility index (Phi) is 7.39. The van der Waals surface area contributed by atoms with Crippen LogP contribution in [0, 0.1) is 0 Å². The van der Waals surface area contributed by atoms with E-state index in [1.54, 1.807) is 30.3 Å². The van der Waals surface area contributed by atoms with Gasteiger partial charge in [-0.3, -0.25) is 14.4 Å². The monoisotopic (exact) mass is 488 g/mol. The molecule has 2 rings (SSSR count). The number of hydrogen-bond acceptors (Lipinski definition) is 11. The van der Waals surface area contributed by atoms with Gasteiger partial charge in [-0.05, 0) is 12.4 Å². The Morgan fingerprint density at radius 1 is 1.00 bits per heavy atom. The van der Waals surface area contributed by atoms with Crippen molar-refractivity contribution in [1.29, 1.82) is 0 Å². The third-order valence-corrected chi connectivity index (χ3v) is 4.32. The smallest absolute Gasteiger partial charge is 0.339 e. The van der Waals surface area contributed by atoms with Gasteiger partial charge in [-0.1, -0.05) is 30.3 Å². The summed E-state index contributed by atoms with van der Waals surface area (Å²) in [6.45, 7) is -4.60. The van der Waals surface area contributed by atoms with Crippen molar-refractivity contribution in [1.82, 2.24) is 0 Å². The van der Waals surface area contributed by atoms with E-state index in [-0.39, 0.29) is 0 Å². The van der Waals surface area contributed by atoms with E-state index in [9.17, 15) is 19.2 Å². The first kappa shape index (κ1) is 19.3. The molecule has 0 aromatic heterocycles. The summed E-state index contributed by atoms with van der Waals surface area (Å²) in [6.07, 6.45) is -13.4. The SMILES string of the molecule is [2H]C([2H])([2H])C([2H])(O[C@@H]1O[C@H](C(=O)OC)[C@@H](OC(C)=O)[C@H](OC(C)=O)[C@H]1OC(C)=O)C([2H])([2H])OCc1ccccc1. The van der Waals surface area contributed by atoms with Crippen molar-refractivity contribution in [2.75, 3.05) is 13.7 Å². The highest BCUT2D eigenvalue weighted by Crippen LogP contribution is 2.30. The second-order valence-electron chi connectivity index (χ2n) is 6.99. The van der Waals surface area contributed by atoms with Crippen molar-refractivity contribution in [3.05, 3.63) is 35.9 Å². The minimum Gasteiger partial charge on any atom is -0.467 e. The summed E-state index contributed by atoms with van der Waals surface area (Å²) in [5.41, 5.74) is 0.441. The van der Waals surface area contributed by atoms with E-state index >= 15 is 0 Å². The second-order valence-corrected chi connectivity index (χ2v) is 6.99. The van der Waals surface area contributed by atoms with E-state index in [4.69, 9.17) is 36.6 Å². The molecule has 1 heterocycles. The Labute approximate surface area is 206 Å². The Morgan fingerprint density at radius 3 is 2.15 bits per heavy atom. The third-order valence-electron chi connectivity index (χ3n) is 4.32. The summed E-state index contributed by atoms with van der Waals surface area (Å²) in [6, 6.07) is 8.08. The first-order valence-electron chi connectivity index (χ1n) is 13.0. The standard InChI is InChI=1S/C23H30O11/c1-13(11-29-12-17-9-7-6-8-10-17)30-23-21(33-16(4)26)19(32-15(3)25)18(31-14(2)24)20(34-23)22(27)28-5/h6-10,13,18-21,23H,11-12H2,1-5H3/t13?,18-,19-,20-,21+,23+/m0/s1/i1D3,11D2,13D. The van der Waals surface area contributed by atoms with Crippen LogP contribution >= 0.6 is 0 Å². The van der Waals surface area contributed by atoms with E-state index in [0.29, 0.717) is 5.56 Å². The maximum Gasteiger partial charge on any atom is 0.339 e. The molecule has 1 aliphatic rings. The zero-order valence-electron chi connectivity index (χ0n) is 25.0. The van der Waals surface area contributed by atoms with Gasteiger partial charge in [-0.2, -0.15) is 0 Å². The quantitative estimate of drug-likeness (QED) is 0.348. The number of hydrogen-bond donors (Lipinski definition) is 0. The highest BCUT2D eigenvalue weighted by Gasteiger charge is 2.55. The molecule has 11 nitrogen and oxygen atoms in total. The zero-order valence-corrected chi connectivity index (χ0v) is 19.0. The van der Waals surface area contributed by atoms with Crippen LogP contribution in [0.5, 0.6) is 0 Å². The fourth-order valence-electron chi connectivity index (χ4n) is 3.07. The van der Waals surface area contributed by atoms with Crippen LogP contribution in [-0.2, 0) is 58.9 Å². The van der Waals surface area contributed by atoms with Crippen LogP contribution in [0.25, 0.3) is 0 Å². The van der Waals surface area contributed by atoms with Crippen LogP contribution in [0.3, 0.4) is 0 Å². The first-order valence-corrected chi connectivity index (χ1v) is 10.0. The molecule has 0 amide bonds.